The topological polar surface area (TPSA) is 61.8 Å². The van der Waals surface area contributed by atoms with Gasteiger partial charge in [-0.05, 0) is 49.6 Å². The molecule has 29 heavy (non-hydrogen) atoms. The molecule has 1 saturated heterocycles. The standard InChI is InChI=1S/C22H27ClN2O3.ClH/c1-2-28-22(27)19-8-3-4-9-20(19)25-12-10-18(11-13-25)24-15-21(26)16-6-5-7-17(23)14-16;/h3-9,14,18,21,24,26H,2,10-13,15H2,1H3;1H/t21-;/m0./s1. The maximum Gasteiger partial charge on any atom is 0.340 e. The van der Waals surface area contributed by atoms with Crippen LogP contribution < -0.4 is 10.2 Å². The third kappa shape index (κ3) is 6.34. The molecule has 158 valence electrons. The molecule has 3 rings (SSSR count). The van der Waals surface area contributed by atoms with Gasteiger partial charge in [0.1, 0.15) is 0 Å². The van der Waals surface area contributed by atoms with Gasteiger partial charge in [-0.25, -0.2) is 4.79 Å². The smallest absolute Gasteiger partial charge is 0.340 e. The second-order valence-corrected chi connectivity index (χ2v) is 7.41. The zero-order valence-electron chi connectivity index (χ0n) is 16.5. The summed E-state index contributed by atoms with van der Waals surface area (Å²) in [5, 5.41) is 14.5. The third-order valence-corrected chi connectivity index (χ3v) is 5.30. The summed E-state index contributed by atoms with van der Waals surface area (Å²) in [5.74, 6) is -0.275. The molecule has 0 spiro atoms. The molecule has 0 aliphatic carbocycles. The first-order chi connectivity index (χ1) is 13.6. The minimum Gasteiger partial charge on any atom is -0.462 e. The van der Waals surface area contributed by atoms with Crippen molar-refractivity contribution in [2.75, 3.05) is 31.1 Å². The Kier molecular flexibility index (Phi) is 9.24. The first kappa shape index (κ1) is 23.5. The molecule has 0 unspecified atom stereocenters. The van der Waals surface area contributed by atoms with Gasteiger partial charge in [-0.15, -0.1) is 12.4 Å². The van der Waals surface area contributed by atoms with Crippen LogP contribution in [0.4, 0.5) is 5.69 Å². The van der Waals surface area contributed by atoms with Crippen LogP contribution in [0.1, 0.15) is 41.8 Å². The molecule has 1 aliphatic rings. The normalized spacial score (nSPS) is 15.5. The third-order valence-electron chi connectivity index (χ3n) is 5.07. The summed E-state index contributed by atoms with van der Waals surface area (Å²) < 4.78 is 5.18. The van der Waals surface area contributed by atoms with E-state index in [0.29, 0.717) is 29.8 Å². The van der Waals surface area contributed by atoms with Crippen molar-refractivity contribution in [1.82, 2.24) is 5.32 Å². The predicted molar refractivity (Wildman–Crippen MR) is 119 cm³/mol. The van der Waals surface area contributed by atoms with Crippen LogP contribution in [0.2, 0.25) is 5.02 Å². The number of para-hydroxylation sites is 1. The van der Waals surface area contributed by atoms with Gasteiger partial charge in [-0.3, -0.25) is 0 Å². The quantitative estimate of drug-likeness (QED) is 0.633. The van der Waals surface area contributed by atoms with Gasteiger partial charge in [0.05, 0.1) is 24.0 Å². The Morgan fingerprint density at radius 1 is 1.24 bits per heavy atom. The maximum absolute atomic E-state index is 12.2. The van der Waals surface area contributed by atoms with Crippen LogP contribution >= 0.6 is 24.0 Å². The molecule has 7 heteroatoms. The fourth-order valence-electron chi connectivity index (χ4n) is 3.57. The highest BCUT2D eigenvalue weighted by Gasteiger charge is 2.23. The van der Waals surface area contributed by atoms with Crippen LogP contribution in [-0.2, 0) is 4.74 Å². The number of hydrogen-bond acceptors (Lipinski definition) is 5. The summed E-state index contributed by atoms with van der Waals surface area (Å²) in [5.41, 5.74) is 2.37. The molecular weight excluding hydrogens is 411 g/mol. The molecule has 1 heterocycles. The molecule has 2 N–H and O–H groups in total. The molecule has 1 atom stereocenters. The fourth-order valence-corrected chi connectivity index (χ4v) is 3.76. The highest BCUT2D eigenvalue weighted by molar-refractivity contribution is 6.30. The number of aliphatic hydroxyl groups excluding tert-OH is 1. The van der Waals surface area contributed by atoms with Crippen molar-refractivity contribution in [1.29, 1.82) is 0 Å². The average Bonchev–Trinajstić information content (AvgIpc) is 2.72. The van der Waals surface area contributed by atoms with Gasteiger partial charge < -0.3 is 20.1 Å². The highest BCUT2D eigenvalue weighted by atomic mass is 35.5. The molecule has 0 radical (unpaired) electrons. The summed E-state index contributed by atoms with van der Waals surface area (Å²) in [6, 6.07) is 15.3. The number of nitrogens with one attached hydrogen (secondary N) is 1. The molecular formula is C22H28Cl2N2O3. The van der Waals surface area contributed by atoms with Crippen LogP contribution in [-0.4, -0.2) is 43.4 Å². The van der Waals surface area contributed by atoms with E-state index in [1.165, 1.54) is 0 Å². The lowest BCUT2D eigenvalue weighted by Gasteiger charge is -2.35. The summed E-state index contributed by atoms with van der Waals surface area (Å²) in [6.45, 7) is 4.37. The molecule has 0 aromatic heterocycles. The monoisotopic (exact) mass is 438 g/mol. The minimum atomic E-state index is -0.582. The van der Waals surface area contributed by atoms with Crippen molar-refractivity contribution in [3.05, 3.63) is 64.7 Å². The van der Waals surface area contributed by atoms with E-state index in [-0.39, 0.29) is 18.4 Å². The Labute approximate surface area is 183 Å². The zero-order chi connectivity index (χ0) is 19.9. The SMILES string of the molecule is CCOC(=O)c1ccccc1N1CCC(NC[C@H](O)c2cccc(Cl)c2)CC1.Cl. The van der Waals surface area contributed by atoms with Crippen molar-refractivity contribution in [2.45, 2.75) is 31.9 Å². The van der Waals surface area contributed by atoms with Gasteiger partial charge in [-0.2, -0.15) is 0 Å². The van der Waals surface area contributed by atoms with Crippen LogP contribution in [0.3, 0.4) is 0 Å². The predicted octanol–water partition coefficient (Wildman–Crippen LogP) is 4.23. The van der Waals surface area contributed by atoms with Crippen LogP contribution in [0.25, 0.3) is 0 Å². The number of nitrogens with zero attached hydrogens (tertiary/aromatic N) is 1. The molecule has 5 nitrogen and oxygen atoms in total. The minimum absolute atomic E-state index is 0. The Bertz CT molecular complexity index is 795. The lowest BCUT2D eigenvalue weighted by atomic mass is 10.0. The lowest BCUT2D eigenvalue weighted by Crippen LogP contribution is -2.44. The number of carbonyl (C=O) groups excluding carboxylic acids is 1. The van der Waals surface area contributed by atoms with Crippen LogP contribution in [0.15, 0.2) is 48.5 Å². The summed E-state index contributed by atoms with van der Waals surface area (Å²) in [7, 11) is 0. The number of carbonyl (C=O) groups is 1. The Morgan fingerprint density at radius 3 is 2.66 bits per heavy atom. The van der Waals surface area contributed by atoms with Crippen LogP contribution in [0.5, 0.6) is 0 Å². The van der Waals surface area contributed by atoms with E-state index in [2.05, 4.69) is 10.2 Å². The van der Waals surface area contributed by atoms with E-state index >= 15 is 0 Å². The second-order valence-electron chi connectivity index (χ2n) is 6.98. The van der Waals surface area contributed by atoms with E-state index < -0.39 is 6.10 Å². The number of benzene rings is 2. The molecule has 0 saturated carbocycles. The van der Waals surface area contributed by atoms with E-state index in [4.69, 9.17) is 16.3 Å². The first-order valence-corrected chi connectivity index (χ1v) is 10.1. The Hall–Kier alpha value is -1.79. The number of rotatable bonds is 7. The number of aliphatic hydroxyl groups is 1. The highest BCUT2D eigenvalue weighted by Crippen LogP contribution is 2.25. The van der Waals surface area contributed by atoms with E-state index in [0.717, 1.165) is 37.2 Å². The van der Waals surface area contributed by atoms with Crippen molar-refractivity contribution in [3.63, 3.8) is 0 Å². The van der Waals surface area contributed by atoms with Crippen molar-refractivity contribution in [2.24, 2.45) is 0 Å². The molecule has 2 aromatic rings. The van der Waals surface area contributed by atoms with Gasteiger partial charge in [0, 0.05) is 30.7 Å². The molecule has 1 aliphatic heterocycles. The maximum atomic E-state index is 12.2. The van der Waals surface area contributed by atoms with Gasteiger partial charge in [0.15, 0.2) is 0 Å². The summed E-state index contributed by atoms with van der Waals surface area (Å²) in [6.07, 6.45) is 1.31. The van der Waals surface area contributed by atoms with E-state index in [1.807, 2.05) is 43.3 Å². The van der Waals surface area contributed by atoms with E-state index in [1.54, 1.807) is 12.1 Å². The molecule has 0 amide bonds. The van der Waals surface area contributed by atoms with Gasteiger partial charge in [-0.1, -0.05) is 35.9 Å². The Morgan fingerprint density at radius 2 is 1.97 bits per heavy atom. The van der Waals surface area contributed by atoms with Gasteiger partial charge in [0.25, 0.3) is 0 Å². The molecule has 2 aromatic carbocycles. The van der Waals surface area contributed by atoms with Crippen molar-refractivity contribution < 1.29 is 14.6 Å². The number of esters is 1. The number of ether oxygens (including phenoxy) is 1. The largest absolute Gasteiger partial charge is 0.462 e. The zero-order valence-corrected chi connectivity index (χ0v) is 18.1. The lowest BCUT2D eigenvalue weighted by molar-refractivity contribution is 0.0527. The number of hydrogen-bond donors (Lipinski definition) is 2. The number of anilines is 1. The molecule has 1 fully saturated rings. The van der Waals surface area contributed by atoms with E-state index in [9.17, 15) is 9.90 Å². The van der Waals surface area contributed by atoms with Gasteiger partial charge >= 0.3 is 5.97 Å². The average molecular weight is 439 g/mol. The summed E-state index contributed by atoms with van der Waals surface area (Å²) in [4.78, 5) is 14.4. The van der Waals surface area contributed by atoms with Gasteiger partial charge in [0.2, 0.25) is 0 Å². The fraction of sp³-hybridized carbons (Fsp3) is 0.409. The van der Waals surface area contributed by atoms with Crippen molar-refractivity contribution in [3.8, 4) is 0 Å². The number of halogens is 2. The molecule has 0 bridgehead atoms. The Balaban J connectivity index is 0.00000300. The first-order valence-electron chi connectivity index (χ1n) is 9.76. The second kappa shape index (κ2) is 11.4. The number of piperidine rings is 1. The van der Waals surface area contributed by atoms with Crippen molar-refractivity contribution >= 4 is 35.7 Å². The van der Waals surface area contributed by atoms with Crippen LogP contribution in [0, 0.1) is 0 Å². The summed E-state index contributed by atoms with van der Waals surface area (Å²) >= 11 is 6.00.